The van der Waals surface area contributed by atoms with Crippen molar-refractivity contribution in [3.8, 4) is 11.5 Å². The van der Waals surface area contributed by atoms with Gasteiger partial charge in [0.15, 0.2) is 5.58 Å². The van der Waals surface area contributed by atoms with E-state index in [2.05, 4.69) is 15.5 Å². The van der Waals surface area contributed by atoms with E-state index in [0.717, 1.165) is 5.52 Å². The van der Waals surface area contributed by atoms with Crippen molar-refractivity contribution in [1.29, 1.82) is 0 Å². The molecule has 0 aliphatic carbocycles. The Hall–Kier alpha value is -3.82. The molecule has 8 nitrogen and oxygen atoms in total. The van der Waals surface area contributed by atoms with Crippen LogP contribution in [0.25, 0.3) is 11.1 Å². The van der Waals surface area contributed by atoms with E-state index < -0.39 is 5.97 Å². The number of halogens is 1. The van der Waals surface area contributed by atoms with Gasteiger partial charge in [0.1, 0.15) is 17.0 Å². The summed E-state index contributed by atoms with van der Waals surface area (Å²) in [6.07, 6.45) is 1.43. The molecule has 4 aromatic rings. The normalized spacial score (nSPS) is 11.0. The molecule has 0 saturated carbocycles. The van der Waals surface area contributed by atoms with E-state index in [1.54, 1.807) is 49.6 Å². The second-order valence-electron chi connectivity index (χ2n) is 6.84. The zero-order valence-electron chi connectivity index (χ0n) is 17.9. The van der Waals surface area contributed by atoms with Crippen molar-refractivity contribution >= 4 is 52.6 Å². The number of hydrazone groups is 1. The number of thioether (sulfide) groups is 1. The van der Waals surface area contributed by atoms with Crippen LogP contribution in [-0.4, -0.2) is 35.9 Å². The molecule has 0 aliphatic rings. The maximum atomic E-state index is 12.3. The summed E-state index contributed by atoms with van der Waals surface area (Å²) in [5.41, 5.74) is 4.81. The first-order chi connectivity index (χ1) is 16.5. The average Bonchev–Trinajstić information content (AvgIpc) is 3.27. The molecule has 0 aliphatic heterocycles. The number of carbonyl (C=O) groups is 2. The zero-order valence-corrected chi connectivity index (χ0v) is 19.4. The topological polar surface area (TPSA) is 103 Å². The number of hydrogen-bond donors (Lipinski definition) is 1. The summed E-state index contributed by atoms with van der Waals surface area (Å²) in [7, 11) is 1.54. The van der Waals surface area contributed by atoms with Gasteiger partial charge in [-0.15, -0.1) is 0 Å². The molecule has 0 saturated heterocycles. The van der Waals surface area contributed by atoms with E-state index in [-0.39, 0.29) is 22.4 Å². The average molecular weight is 496 g/mol. The van der Waals surface area contributed by atoms with Crippen LogP contribution in [0.1, 0.15) is 15.9 Å². The number of aromatic nitrogens is 1. The zero-order chi connectivity index (χ0) is 23.9. The molecule has 0 atom stereocenters. The maximum Gasteiger partial charge on any atom is 0.343 e. The predicted molar refractivity (Wildman–Crippen MR) is 130 cm³/mol. The Morgan fingerprint density at radius 2 is 1.94 bits per heavy atom. The minimum Gasteiger partial charge on any atom is -0.497 e. The highest BCUT2D eigenvalue weighted by atomic mass is 35.5. The van der Waals surface area contributed by atoms with E-state index in [1.807, 2.05) is 24.3 Å². The summed E-state index contributed by atoms with van der Waals surface area (Å²) in [6, 6.07) is 18.7. The lowest BCUT2D eigenvalue weighted by Gasteiger charge is -2.07. The summed E-state index contributed by atoms with van der Waals surface area (Å²) in [5.74, 6) is 0.0633. The number of carbonyl (C=O) groups excluding carboxylic acids is 2. The number of methoxy groups -OCH3 is 1. The molecule has 4 rings (SSSR count). The third-order valence-electron chi connectivity index (χ3n) is 4.49. The van der Waals surface area contributed by atoms with Crippen molar-refractivity contribution < 1.29 is 23.5 Å². The van der Waals surface area contributed by atoms with Gasteiger partial charge in [0.05, 0.1) is 29.7 Å². The fraction of sp³-hybridized carbons (Fsp3) is 0.0833. The van der Waals surface area contributed by atoms with Gasteiger partial charge in [-0.1, -0.05) is 35.5 Å². The summed E-state index contributed by atoms with van der Waals surface area (Å²) >= 11 is 7.40. The first kappa shape index (κ1) is 23.3. The standard InChI is InChI=1S/C24H18ClN3O5S/c1-31-17-9-7-16(8-10-17)23(30)32-20-11-6-15(12-18(20)25)13-26-28-22(29)14-34-24-27-19-4-2-3-5-21(19)33-24/h2-13H,14H2,1H3,(H,28,29)/b26-13-. The number of ether oxygens (including phenoxy) is 2. The van der Waals surface area contributed by atoms with Crippen LogP contribution in [0, 0.1) is 0 Å². The van der Waals surface area contributed by atoms with Crippen molar-refractivity contribution in [1.82, 2.24) is 10.4 Å². The number of amides is 1. The van der Waals surface area contributed by atoms with Crippen LogP contribution >= 0.6 is 23.4 Å². The molecule has 0 radical (unpaired) electrons. The maximum absolute atomic E-state index is 12.3. The van der Waals surface area contributed by atoms with Crippen molar-refractivity contribution in [2.45, 2.75) is 5.22 Å². The van der Waals surface area contributed by atoms with Crippen LogP contribution in [0.5, 0.6) is 11.5 Å². The monoisotopic (exact) mass is 495 g/mol. The Bertz CT molecular complexity index is 1320. The molecule has 1 heterocycles. The first-order valence-corrected chi connectivity index (χ1v) is 11.3. The van der Waals surface area contributed by atoms with Crippen LogP contribution in [0.3, 0.4) is 0 Å². The number of hydrogen-bond acceptors (Lipinski definition) is 8. The van der Waals surface area contributed by atoms with Gasteiger partial charge in [-0.25, -0.2) is 15.2 Å². The number of nitrogens with zero attached hydrogens (tertiary/aromatic N) is 2. The molecule has 0 spiro atoms. The van der Waals surface area contributed by atoms with E-state index in [4.69, 9.17) is 25.5 Å². The van der Waals surface area contributed by atoms with Crippen molar-refractivity contribution in [2.24, 2.45) is 5.10 Å². The van der Waals surface area contributed by atoms with Gasteiger partial charge in [0.25, 0.3) is 11.1 Å². The first-order valence-electron chi connectivity index (χ1n) is 9.98. The molecule has 10 heteroatoms. The summed E-state index contributed by atoms with van der Waals surface area (Å²) in [6.45, 7) is 0. The van der Waals surface area contributed by atoms with Gasteiger partial charge in [0, 0.05) is 0 Å². The Labute approximate surface area is 203 Å². The molecule has 1 aromatic heterocycles. The molecule has 34 heavy (non-hydrogen) atoms. The lowest BCUT2D eigenvalue weighted by Crippen LogP contribution is -2.19. The Morgan fingerprint density at radius 1 is 1.15 bits per heavy atom. The van der Waals surface area contributed by atoms with Crippen molar-refractivity contribution in [3.63, 3.8) is 0 Å². The minimum atomic E-state index is -0.547. The van der Waals surface area contributed by atoms with Crippen LogP contribution in [0.4, 0.5) is 0 Å². The van der Waals surface area contributed by atoms with Gasteiger partial charge in [0.2, 0.25) is 0 Å². The van der Waals surface area contributed by atoms with Gasteiger partial charge >= 0.3 is 5.97 Å². The Morgan fingerprint density at radius 3 is 2.68 bits per heavy atom. The van der Waals surface area contributed by atoms with Crippen LogP contribution in [0.2, 0.25) is 5.02 Å². The van der Waals surface area contributed by atoms with E-state index in [0.29, 0.717) is 27.7 Å². The highest BCUT2D eigenvalue weighted by Crippen LogP contribution is 2.26. The molecular weight excluding hydrogens is 478 g/mol. The summed E-state index contributed by atoms with van der Waals surface area (Å²) < 4.78 is 16.0. The highest BCUT2D eigenvalue weighted by molar-refractivity contribution is 7.99. The number of nitrogens with one attached hydrogen (secondary N) is 1. The Kier molecular flexibility index (Phi) is 7.46. The van der Waals surface area contributed by atoms with E-state index in [1.165, 1.54) is 18.0 Å². The number of para-hydroxylation sites is 2. The molecule has 3 aromatic carbocycles. The van der Waals surface area contributed by atoms with Gasteiger partial charge in [-0.05, 0) is 60.2 Å². The van der Waals surface area contributed by atoms with Gasteiger partial charge in [-0.3, -0.25) is 4.79 Å². The SMILES string of the molecule is COc1ccc(C(=O)Oc2ccc(/C=N\NC(=O)CSc3nc4ccccc4o3)cc2Cl)cc1. The number of fused-ring (bicyclic) bond motifs is 1. The van der Waals surface area contributed by atoms with Crippen molar-refractivity contribution in [3.05, 3.63) is 82.9 Å². The largest absolute Gasteiger partial charge is 0.497 e. The molecule has 1 N–H and O–H groups in total. The third kappa shape index (κ3) is 5.94. The second-order valence-corrected chi connectivity index (χ2v) is 8.17. The summed E-state index contributed by atoms with van der Waals surface area (Å²) in [4.78, 5) is 28.6. The fourth-order valence-electron chi connectivity index (χ4n) is 2.82. The van der Waals surface area contributed by atoms with E-state index >= 15 is 0 Å². The molecular formula is C24H18ClN3O5S. The molecule has 172 valence electrons. The second kappa shape index (κ2) is 10.9. The number of benzene rings is 3. The van der Waals surface area contributed by atoms with Crippen LogP contribution < -0.4 is 14.9 Å². The fourth-order valence-corrected chi connectivity index (χ4v) is 3.68. The summed E-state index contributed by atoms with van der Waals surface area (Å²) in [5, 5.41) is 4.56. The quantitative estimate of drug-likeness (QED) is 0.121. The molecule has 0 bridgehead atoms. The van der Waals surface area contributed by atoms with Gasteiger partial charge < -0.3 is 13.9 Å². The molecule has 0 unspecified atom stereocenters. The number of rotatable bonds is 8. The smallest absolute Gasteiger partial charge is 0.343 e. The third-order valence-corrected chi connectivity index (χ3v) is 5.61. The highest BCUT2D eigenvalue weighted by Gasteiger charge is 2.12. The lowest BCUT2D eigenvalue weighted by molar-refractivity contribution is -0.118. The predicted octanol–water partition coefficient (Wildman–Crippen LogP) is 4.95. The van der Waals surface area contributed by atoms with Crippen LogP contribution in [-0.2, 0) is 4.79 Å². The van der Waals surface area contributed by atoms with Gasteiger partial charge in [-0.2, -0.15) is 5.10 Å². The van der Waals surface area contributed by atoms with E-state index in [9.17, 15) is 9.59 Å². The lowest BCUT2D eigenvalue weighted by atomic mass is 10.2. The molecule has 0 fully saturated rings. The number of esters is 1. The van der Waals surface area contributed by atoms with Crippen LogP contribution in [0.15, 0.2) is 81.5 Å². The molecule has 1 amide bonds. The minimum absolute atomic E-state index is 0.0885. The van der Waals surface area contributed by atoms with Crippen molar-refractivity contribution in [2.75, 3.05) is 12.9 Å². The number of oxazole rings is 1. The Balaban J connectivity index is 1.28.